The molecule has 0 aliphatic heterocycles. The van der Waals surface area contributed by atoms with E-state index in [-0.39, 0.29) is 16.2 Å². The molecule has 19 heavy (non-hydrogen) atoms. The van der Waals surface area contributed by atoms with Crippen molar-refractivity contribution >= 4 is 37.8 Å². The third-order valence-corrected chi connectivity index (χ3v) is 3.68. The molecule has 0 bridgehead atoms. The molecule has 1 N–H and O–H groups in total. The first-order valence-corrected chi connectivity index (χ1v) is 7.12. The van der Waals surface area contributed by atoms with Crippen LogP contribution in [0, 0.1) is 5.82 Å². The van der Waals surface area contributed by atoms with Gasteiger partial charge in [0.1, 0.15) is 5.82 Å². The zero-order valence-electron chi connectivity index (χ0n) is 9.79. The van der Waals surface area contributed by atoms with E-state index in [1.54, 1.807) is 0 Å². The van der Waals surface area contributed by atoms with Crippen molar-refractivity contribution in [2.24, 2.45) is 0 Å². The first-order valence-electron chi connectivity index (χ1n) is 5.54. The predicted molar refractivity (Wildman–Crippen MR) is 79.4 cm³/mol. The second kappa shape index (κ2) is 6.30. The highest BCUT2D eigenvalue weighted by molar-refractivity contribution is 9.10. The number of hydrogen-bond donors (Lipinski definition) is 1. The smallest absolute Gasteiger partial charge is 0.251 e. The summed E-state index contributed by atoms with van der Waals surface area (Å²) in [6, 6.07) is 11.9. The summed E-state index contributed by atoms with van der Waals surface area (Å²) in [6.07, 6.45) is 0. The second-order valence-corrected chi connectivity index (χ2v) is 5.71. The lowest BCUT2D eigenvalue weighted by Crippen LogP contribution is -2.22. The maximum Gasteiger partial charge on any atom is 0.251 e. The Kier molecular flexibility index (Phi) is 4.71. The topological polar surface area (TPSA) is 29.1 Å². The van der Waals surface area contributed by atoms with Crippen LogP contribution in [0.25, 0.3) is 0 Å². The molecule has 98 valence electrons. The van der Waals surface area contributed by atoms with Gasteiger partial charge in [-0.15, -0.1) is 0 Å². The molecule has 2 aromatic carbocycles. The van der Waals surface area contributed by atoms with Crippen molar-refractivity contribution in [3.05, 3.63) is 68.4 Å². The fraction of sp³-hybridized carbons (Fsp3) is 0.0714. The number of carbonyl (C=O) groups excluding carboxylic acids is 1. The molecule has 5 heteroatoms. The van der Waals surface area contributed by atoms with Crippen molar-refractivity contribution in [3.8, 4) is 0 Å². The van der Waals surface area contributed by atoms with Crippen LogP contribution in [0.4, 0.5) is 4.39 Å². The maximum absolute atomic E-state index is 13.1. The summed E-state index contributed by atoms with van der Waals surface area (Å²) in [6.45, 7) is 0.432. The molecule has 0 saturated carbocycles. The van der Waals surface area contributed by atoms with Gasteiger partial charge in [-0.1, -0.05) is 28.1 Å². The molecular formula is C14H10Br2FNO. The highest BCUT2D eigenvalue weighted by atomic mass is 79.9. The van der Waals surface area contributed by atoms with Gasteiger partial charge in [0.15, 0.2) is 0 Å². The molecule has 0 aliphatic rings. The first kappa shape index (κ1) is 14.2. The van der Waals surface area contributed by atoms with Gasteiger partial charge in [0.05, 0.1) is 4.47 Å². The summed E-state index contributed by atoms with van der Waals surface area (Å²) in [4.78, 5) is 11.9. The summed E-state index contributed by atoms with van der Waals surface area (Å²) < 4.78 is 14.3. The Morgan fingerprint density at radius 1 is 1.11 bits per heavy atom. The zero-order valence-corrected chi connectivity index (χ0v) is 13.0. The highest BCUT2D eigenvalue weighted by Crippen LogP contribution is 2.17. The van der Waals surface area contributed by atoms with Crippen LogP contribution in [0.1, 0.15) is 15.9 Å². The Bertz CT molecular complexity index is 599. The van der Waals surface area contributed by atoms with Gasteiger partial charge in [-0.3, -0.25) is 4.79 Å². The molecule has 0 radical (unpaired) electrons. The summed E-state index contributed by atoms with van der Waals surface area (Å²) >= 11 is 6.41. The fourth-order valence-electron chi connectivity index (χ4n) is 1.52. The molecule has 0 spiro atoms. The summed E-state index contributed by atoms with van der Waals surface area (Å²) in [5.41, 5.74) is 1.42. The van der Waals surface area contributed by atoms with E-state index in [1.807, 2.05) is 24.3 Å². The Labute approximate surface area is 127 Å². The number of nitrogens with one attached hydrogen (secondary N) is 1. The van der Waals surface area contributed by atoms with E-state index in [9.17, 15) is 9.18 Å². The molecule has 1 amide bonds. The van der Waals surface area contributed by atoms with Gasteiger partial charge >= 0.3 is 0 Å². The molecule has 0 aliphatic carbocycles. The van der Waals surface area contributed by atoms with E-state index in [4.69, 9.17) is 0 Å². The van der Waals surface area contributed by atoms with Crippen LogP contribution >= 0.6 is 31.9 Å². The minimum absolute atomic E-state index is 0.233. The molecule has 2 aromatic rings. The monoisotopic (exact) mass is 385 g/mol. The standard InChI is InChI=1S/C14H10Br2FNO/c15-11-4-1-9(2-5-11)8-18-14(19)10-3-6-13(17)12(16)7-10/h1-7H,8H2,(H,18,19). The highest BCUT2D eigenvalue weighted by Gasteiger charge is 2.08. The van der Waals surface area contributed by atoms with Gasteiger partial charge in [-0.05, 0) is 51.8 Å². The largest absolute Gasteiger partial charge is 0.348 e. The normalized spacial score (nSPS) is 10.3. The Hall–Kier alpha value is -1.20. The molecule has 0 saturated heterocycles. The van der Waals surface area contributed by atoms with Crippen molar-refractivity contribution < 1.29 is 9.18 Å². The quantitative estimate of drug-likeness (QED) is 0.837. The fourth-order valence-corrected chi connectivity index (χ4v) is 2.17. The van der Waals surface area contributed by atoms with Crippen molar-refractivity contribution in [1.29, 1.82) is 0 Å². The van der Waals surface area contributed by atoms with Crippen LogP contribution < -0.4 is 5.32 Å². The van der Waals surface area contributed by atoms with Gasteiger partial charge in [0, 0.05) is 16.6 Å². The van der Waals surface area contributed by atoms with Crippen molar-refractivity contribution in [1.82, 2.24) is 5.32 Å². The van der Waals surface area contributed by atoms with Crippen LogP contribution in [0.5, 0.6) is 0 Å². The minimum atomic E-state index is -0.385. The predicted octanol–water partition coefficient (Wildman–Crippen LogP) is 4.28. The zero-order chi connectivity index (χ0) is 13.8. The van der Waals surface area contributed by atoms with E-state index in [2.05, 4.69) is 37.2 Å². The molecule has 0 heterocycles. The Morgan fingerprint density at radius 3 is 2.42 bits per heavy atom. The molecule has 2 nitrogen and oxygen atoms in total. The Morgan fingerprint density at radius 2 is 1.79 bits per heavy atom. The van der Waals surface area contributed by atoms with Gasteiger partial charge in [-0.2, -0.15) is 0 Å². The van der Waals surface area contributed by atoms with Gasteiger partial charge in [0.2, 0.25) is 0 Å². The average molecular weight is 387 g/mol. The van der Waals surface area contributed by atoms with Gasteiger partial charge in [-0.25, -0.2) is 4.39 Å². The van der Waals surface area contributed by atoms with Crippen LogP contribution in [0.3, 0.4) is 0 Å². The number of carbonyl (C=O) groups is 1. The van der Waals surface area contributed by atoms with Crippen LogP contribution in [0.2, 0.25) is 0 Å². The van der Waals surface area contributed by atoms with Crippen LogP contribution in [0.15, 0.2) is 51.4 Å². The first-order chi connectivity index (χ1) is 9.06. The molecule has 0 fully saturated rings. The number of amides is 1. The average Bonchev–Trinajstić information content (AvgIpc) is 2.41. The lowest BCUT2D eigenvalue weighted by atomic mass is 10.2. The van der Waals surface area contributed by atoms with E-state index >= 15 is 0 Å². The van der Waals surface area contributed by atoms with E-state index < -0.39 is 0 Å². The Balaban J connectivity index is 2.01. The van der Waals surface area contributed by atoms with E-state index in [0.29, 0.717) is 12.1 Å². The number of hydrogen-bond acceptors (Lipinski definition) is 1. The number of halogens is 3. The minimum Gasteiger partial charge on any atom is -0.348 e. The van der Waals surface area contributed by atoms with Crippen molar-refractivity contribution in [2.75, 3.05) is 0 Å². The van der Waals surface area contributed by atoms with Crippen molar-refractivity contribution in [3.63, 3.8) is 0 Å². The molecule has 0 aromatic heterocycles. The third kappa shape index (κ3) is 3.88. The second-order valence-electron chi connectivity index (χ2n) is 3.94. The molecule has 0 atom stereocenters. The van der Waals surface area contributed by atoms with Crippen molar-refractivity contribution in [2.45, 2.75) is 6.54 Å². The van der Waals surface area contributed by atoms with E-state index in [0.717, 1.165) is 10.0 Å². The SMILES string of the molecule is O=C(NCc1ccc(Br)cc1)c1ccc(F)c(Br)c1. The van der Waals surface area contributed by atoms with E-state index in [1.165, 1.54) is 18.2 Å². The third-order valence-electron chi connectivity index (χ3n) is 2.55. The number of rotatable bonds is 3. The summed E-state index contributed by atoms with van der Waals surface area (Å²) in [5.74, 6) is -0.618. The maximum atomic E-state index is 13.1. The summed E-state index contributed by atoms with van der Waals surface area (Å²) in [5, 5.41) is 2.78. The summed E-state index contributed by atoms with van der Waals surface area (Å²) in [7, 11) is 0. The van der Waals surface area contributed by atoms with Gasteiger partial charge < -0.3 is 5.32 Å². The lowest BCUT2D eigenvalue weighted by Gasteiger charge is -2.06. The molecular weight excluding hydrogens is 377 g/mol. The lowest BCUT2D eigenvalue weighted by molar-refractivity contribution is 0.0951. The van der Waals surface area contributed by atoms with Gasteiger partial charge in [0.25, 0.3) is 5.91 Å². The molecule has 2 rings (SSSR count). The molecule has 0 unspecified atom stereocenters. The van der Waals surface area contributed by atoms with Crippen LogP contribution in [-0.2, 0) is 6.54 Å². The number of benzene rings is 2. The van der Waals surface area contributed by atoms with Crippen LogP contribution in [-0.4, -0.2) is 5.91 Å².